The van der Waals surface area contributed by atoms with Crippen molar-refractivity contribution in [3.63, 3.8) is 0 Å². The smallest absolute Gasteiger partial charge is 0.207 e. The van der Waals surface area contributed by atoms with Crippen LogP contribution >= 0.6 is 45.5 Å². The molecule has 1 aromatic rings. The summed E-state index contributed by atoms with van der Waals surface area (Å²) in [5.41, 5.74) is 0. The normalized spacial score (nSPS) is 11.7. The highest BCUT2D eigenvalue weighted by Crippen LogP contribution is 2.36. The predicted octanol–water partition coefficient (Wildman–Crippen LogP) is 3.57. The lowest BCUT2D eigenvalue weighted by molar-refractivity contribution is 0.609. The molecule has 0 aliphatic heterocycles. The highest BCUT2D eigenvalue weighted by Gasteiger charge is 2.20. The van der Waals surface area contributed by atoms with Crippen molar-refractivity contribution in [2.45, 2.75) is 4.90 Å². The number of halogens is 4. The Labute approximate surface area is 94.8 Å². The van der Waals surface area contributed by atoms with Gasteiger partial charge in [0.1, 0.15) is 4.90 Å². The van der Waals surface area contributed by atoms with Crippen molar-refractivity contribution in [2.24, 2.45) is 0 Å². The molecule has 0 heterocycles. The van der Waals surface area contributed by atoms with Gasteiger partial charge in [0, 0.05) is 10.7 Å². The maximum Gasteiger partial charge on any atom is 0.264 e. The van der Waals surface area contributed by atoms with Gasteiger partial charge >= 0.3 is 0 Å². The molecule has 0 aliphatic rings. The molecule has 0 saturated carbocycles. The van der Waals surface area contributed by atoms with Crippen molar-refractivity contribution in [3.05, 3.63) is 27.2 Å². The molecular formula is C6H2Cl4O2S. The maximum atomic E-state index is 11.0. The first kappa shape index (κ1) is 11.4. The minimum atomic E-state index is -3.96. The molecule has 0 bridgehead atoms. The van der Waals surface area contributed by atoms with E-state index in [4.69, 9.17) is 45.5 Å². The zero-order valence-electron chi connectivity index (χ0n) is 5.89. The fourth-order valence-electron chi connectivity index (χ4n) is 0.732. The third-order valence-corrected chi connectivity index (χ3v) is 3.96. The molecule has 0 radical (unpaired) electrons. The van der Waals surface area contributed by atoms with E-state index in [2.05, 4.69) is 0 Å². The number of benzene rings is 1. The average Bonchev–Trinajstić information content (AvgIpc) is 1.95. The molecule has 0 atom stereocenters. The van der Waals surface area contributed by atoms with E-state index >= 15 is 0 Å². The SMILES string of the molecule is O=S(=O)(Cl)c1c(Cl)ccc(Cl)c1Cl. The lowest BCUT2D eigenvalue weighted by Gasteiger charge is -2.03. The van der Waals surface area contributed by atoms with E-state index in [1.165, 1.54) is 12.1 Å². The Hall–Kier alpha value is 0.330. The summed E-state index contributed by atoms with van der Waals surface area (Å²) in [5, 5.41) is -0.126. The van der Waals surface area contributed by atoms with Crippen molar-refractivity contribution in [1.82, 2.24) is 0 Å². The molecule has 0 saturated heterocycles. The molecule has 0 amide bonds. The quantitative estimate of drug-likeness (QED) is 0.582. The van der Waals surface area contributed by atoms with Crippen molar-refractivity contribution in [3.8, 4) is 0 Å². The molecule has 0 aliphatic carbocycles. The van der Waals surface area contributed by atoms with Crippen LogP contribution < -0.4 is 0 Å². The van der Waals surface area contributed by atoms with Crippen molar-refractivity contribution in [1.29, 1.82) is 0 Å². The highest BCUT2D eigenvalue weighted by atomic mass is 35.7. The fraction of sp³-hybridized carbons (Fsp3) is 0. The molecule has 1 rings (SSSR count). The lowest BCUT2D eigenvalue weighted by atomic mass is 10.4. The number of rotatable bonds is 1. The first-order valence-corrected chi connectivity index (χ1v) is 6.36. The van der Waals surface area contributed by atoms with Gasteiger partial charge in [0.05, 0.1) is 15.1 Å². The first-order valence-electron chi connectivity index (χ1n) is 2.92. The second-order valence-electron chi connectivity index (χ2n) is 2.11. The van der Waals surface area contributed by atoms with E-state index in [-0.39, 0.29) is 20.0 Å². The molecule has 0 fully saturated rings. The summed E-state index contributed by atoms with van der Waals surface area (Å²) in [5.74, 6) is 0. The monoisotopic (exact) mass is 278 g/mol. The molecule has 72 valence electrons. The highest BCUT2D eigenvalue weighted by molar-refractivity contribution is 8.14. The Morgan fingerprint density at radius 1 is 1.00 bits per heavy atom. The Kier molecular flexibility index (Phi) is 3.36. The third-order valence-electron chi connectivity index (χ3n) is 1.25. The standard InChI is InChI=1S/C6H2Cl4O2S/c7-3-1-2-4(8)6(5(3)9)13(10,11)12/h1-2H. The van der Waals surface area contributed by atoms with E-state index in [9.17, 15) is 8.42 Å². The molecule has 0 aromatic heterocycles. The van der Waals surface area contributed by atoms with Gasteiger partial charge in [-0.25, -0.2) is 8.42 Å². The van der Waals surface area contributed by atoms with Gasteiger partial charge in [-0.3, -0.25) is 0 Å². The second-order valence-corrected chi connectivity index (χ2v) is 5.81. The van der Waals surface area contributed by atoms with Crippen LogP contribution in [0.3, 0.4) is 0 Å². The van der Waals surface area contributed by atoms with Gasteiger partial charge in [-0.05, 0) is 12.1 Å². The van der Waals surface area contributed by atoms with Gasteiger partial charge in [-0.2, -0.15) is 0 Å². The predicted molar refractivity (Wildman–Crippen MR) is 54.5 cm³/mol. The van der Waals surface area contributed by atoms with Crippen molar-refractivity contribution < 1.29 is 8.42 Å². The van der Waals surface area contributed by atoms with Crippen LogP contribution in [0, 0.1) is 0 Å². The zero-order valence-corrected chi connectivity index (χ0v) is 9.73. The first-order chi connectivity index (χ1) is 5.84. The van der Waals surface area contributed by atoms with Gasteiger partial charge in [0.15, 0.2) is 0 Å². The largest absolute Gasteiger partial charge is 0.264 e. The summed E-state index contributed by atoms with van der Waals surface area (Å²) in [6, 6.07) is 2.70. The molecule has 13 heavy (non-hydrogen) atoms. The van der Waals surface area contributed by atoms with Crippen LogP contribution in [0.1, 0.15) is 0 Å². The number of hydrogen-bond donors (Lipinski definition) is 0. The summed E-state index contributed by atoms with van der Waals surface area (Å²) in [7, 11) is 1.12. The van der Waals surface area contributed by atoms with Crippen LogP contribution in [-0.2, 0) is 9.05 Å². The van der Waals surface area contributed by atoms with E-state index in [0.717, 1.165) is 0 Å². The van der Waals surface area contributed by atoms with E-state index in [1.54, 1.807) is 0 Å². The Morgan fingerprint density at radius 3 is 1.85 bits per heavy atom. The summed E-state index contributed by atoms with van der Waals surface area (Å²) in [6.07, 6.45) is 0. The van der Waals surface area contributed by atoms with Gasteiger partial charge in [0.2, 0.25) is 0 Å². The molecular weight excluding hydrogens is 278 g/mol. The molecule has 0 spiro atoms. The van der Waals surface area contributed by atoms with Crippen LogP contribution in [0.2, 0.25) is 15.1 Å². The number of hydrogen-bond acceptors (Lipinski definition) is 2. The molecule has 0 N–H and O–H groups in total. The minimum Gasteiger partial charge on any atom is -0.207 e. The summed E-state index contributed by atoms with van der Waals surface area (Å²) in [4.78, 5) is -0.356. The van der Waals surface area contributed by atoms with Crippen molar-refractivity contribution >= 4 is 54.5 Å². The average molecular weight is 280 g/mol. The van der Waals surface area contributed by atoms with E-state index < -0.39 is 9.05 Å². The topological polar surface area (TPSA) is 34.1 Å². The second kappa shape index (κ2) is 3.83. The van der Waals surface area contributed by atoms with Crippen LogP contribution in [0.15, 0.2) is 17.0 Å². The lowest BCUT2D eigenvalue weighted by Crippen LogP contribution is -1.93. The van der Waals surface area contributed by atoms with Gasteiger partial charge in [-0.1, -0.05) is 34.8 Å². The Balaban J connectivity index is 3.62. The van der Waals surface area contributed by atoms with Crippen LogP contribution in [0.5, 0.6) is 0 Å². The van der Waals surface area contributed by atoms with Crippen molar-refractivity contribution in [2.75, 3.05) is 0 Å². The van der Waals surface area contributed by atoms with Gasteiger partial charge < -0.3 is 0 Å². The van der Waals surface area contributed by atoms with Gasteiger partial charge in [-0.15, -0.1) is 0 Å². The minimum absolute atomic E-state index is 0.0515. The van der Waals surface area contributed by atoms with Crippen LogP contribution in [-0.4, -0.2) is 8.42 Å². The third kappa shape index (κ3) is 2.42. The molecule has 1 aromatic carbocycles. The van der Waals surface area contributed by atoms with E-state index in [1.807, 2.05) is 0 Å². The summed E-state index contributed by atoms with van der Waals surface area (Å²) in [6.45, 7) is 0. The fourth-order valence-corrected chi connectivity index (χ4v) is 3.27. The Morgan fingerprint density at radius 2 is 1.46 bits per heavy atom. The van der Waals surface area contributed by atoms with E-state index in [0.29, 0.717) is 0 Å². The summed E-state index contributed by atoms with van der Waals surface area (Å²) >= 11 is 16.8. The maximum absolute atomic E-state index is 11.0. The van der Waals surface area contributed by atoms with Crippen LogP contribution in [0.4, 0.5) is 0 Å². The van der Waals surface area contributed by atoms with Crippen LogP contribution in [0.25, 0.3) is 0 Å². The zero-order chi connectivity index (χ0) is 10.2. The molecule has 7 heteroatoms. The Bertz CT molecular complexity index is 440. The molecule has 0 unspecified atom stereocenters. The molecule has 2 nitrogen and oxygen atoms in total. The summed E-state index contributed by atoms with van der Waals surface area (Å²) < 4.78 is 21.9. The van der Waals surface area contributed by atoms with Gasteiger partial charge in [0.25, 0.3) is 9.05 Å².